The van der Waals surface area contributed by atoms with Crippen molar-refractivity contribution in [2.75, 3.05) is 24.6 Å². The highest BCUT2D eigenvalue weighted by atomic mass is 16.3. The first-order chi connectivity index (χ1) is 6.77. The lowest BCUT2D eigenvalue weighted by molar-refractivity contribution is 0.289. The molecule has 1 rings (SSSR count). The standard InChI is InChI=1S/C12H19NO/c1-3-13(8-5-9-14)12-7-4-6-11(2)10-12/h4,6-7,10,14H,3,5,8-9H2,1-2H3. The molecule has 0 aromatic heterocycles. The second-order valence-electron chi connectivity index (χ2n) is 3.50. The topological polar surface area (TPSA) is 23.5 Å². The number of aliphatic hydroxyl groups excluding tert-OH is 1. The average molecular weight is 193 g/mol. The first-order valence-electron chi connectivity index (χ1n) is 5.20. The molecule has 0 bridgehead atoms. The van der Waals surface area contributed by atoms with Crippen molar-refractivity contribution in [3.05, 3.63) is 29.8 Å². The van der Waals surface area contributed by atoms with Gasteiger partial charge in [-0.05, 0) is 38.0 Å². The van der Waals surface area contributed by atoms with Crippen molar-refractivity contribution in [1.29, 1.82) is 0 Å². The molecular weight excluding hydrogens is 174 g/mol. The van der Waals surface area contributed by atoms with Crippen molar-refractivity contribution >= 4 is 5.69 Å². The van der Waals surface area contributed by atoms with Gasteiger partial charge in [-0.15, -0.1) is 0 Å². The van der Waals surface area contributed by atoms with Crippen molar-refractivity contribution in [1.82, 2.24) is 0 Å². The Balaban J connectivity index is 2.68. The van der Waals surface area contributed by atoms with E-state index in [1.54, 1.807) is 0 Å². The highest BCUT2D eigenvalue weighted by Gasteiger charge is 2.02. The summed E-state index contributed by atoms with van der Waals surface area (Å²) in [5, 5.41) is 8.79. The van der Waals surface area contributed by atoms with E-state index in [9.17, 15) is 0 Å². The SMILES string of the molecule is CCN(CCCO)c1cccc(C)c1. The van der Waals surface area contributed by atoms with Gasteiger partial charge in [0.25, 0.3) is 0 Å². The second-order valence-corrected chi connectivity index (χ2v) is 3.50. The molecular formula is C12H19NO. The number of benzene rings is 1. The van der Waals surface area contributed by atoms with E-state index in [0.717, 1.165) is 19.5 Å². The molecule has 14 heavy (non-hydrogen) atoms. The third kappa shape index (κ3) is 3.04. The van der Waals surface area contributed by atoms with Gasteiger partial charge in [0, 0.05) is 25.4 Å². The summed E-state index contributed by atoms with van der Waals surface area (Å²) in [5.74, 6) is 0. The van der Waals surface area contributed by atoms with Crippen LogP contribution in [0.4, 0.5) is 5.69 Å². The van der Waals surface area contributed by atoms with E-state index in [0.29, 0.717) is 0 Å². The number of rotatable bonds is 5. The molecule has 0 aliphatic heterocycles. The van der Waals surface area contributed by atoms with E-state index in [1.807, 2.05) is 0 Å². The summed E-state index contributed by atoms with van der Waals surface area (Å²) in [7, 11) is 0. The lowest BCUT2D eigenvalue weighted by Gasteiger charge is -2.23. The second kappa shape index (κ2) is 5.66. The number of hydrogen-bond donors (Lipinski definition) is 1. The van der Waals surface area contributed by atoms with E-state index in [4.69, 9.17) is 5.11 Å². The summed E-state index contributed by atoms with van der Waals surface area (Å²) in [6.07, 6.45) is 0.835. The Morgan fingerprint density at radius 1 is 1.36 bits per heavy atom. The van der Waals surface area contributed by atoms with E-state index < -0.39 is 0 Å². The minimum absolute atomic E-state index is 0.266. The third-order valence-corrected chi connectivity index (χ3v) is 2.33. The zero-order valence-electron chi connectivity index (χ0n) is 9.03. The molecule has 0 saturated heterocycles. The van der Waals surface area contributed by atoms with Crippen LogP contribution >= 0.6 is 0 Å². The van der Waals surface area contributed by atoms with Gasteiger partial charge in [-0.25, -0.2) is 0 Å². The smallest absolute Gasteiger partial charge is 0.0447 e. The number of aliphatic hydroxyl groups is 1. The van der Waals surface area contributed by atoms with E-state index in [2.05, 4.69) is 43.0 Å². The summed E-state index contributed by atoms with van der Waals surface area (Å²) in [5.41, 5.74) is 2.53. The van der Waals surface area contributed by atoms with E-state index >= 15 is 0 Å². The largest absolute Gasteiger partial charge is 0.396 e. The fraction of sp³-hybridized carbons (Fsp3) is 0.500. The zero-order valence-corrected chi connectivity index (χ0v) is 9.03. The van der Waals surface area contributed by atoms with Gasteiger partial charge in [-0.1, -0.05) is 12.1 Å². The molecule has 0 amide bonds. The number of hydrogen-bond acceptors (Lipinski definition) is 2. The molecule has 0 spiro atoms. The van der Waals surface area contributed by atoms with Crippen LogP contribution in [0.1, 0.15) is 18.9 Å². The first kappa shape index (κ1) is 11.1. The number of anilines is 1. The molecule has 2 heteroatoms. The van der Waals surface area contributed by atoms with Gasteiger partial charge in [0.1, 0.15) is 0 Å². The monoisotopic (exact) mass is 193 g/mol. The van der Waals surface area contributed by atoms with Crippen molar-refractivity contribution in [3.8, 4) is 0 Å². The Morgan fingerprint density at radius 3 is 2.71 bits per heavy atom. The lowest BCUT2D eigenvalue weighted by atomic mass is 10.2. The molecule has 0 heterocycles. The molecule has 2 nitrogen and oxygen atoms in total. The van der Waals surface area contributed by atoms with E-state index in [-0.39, 0.29) is 6.61 Å². The van der Waals surface area contributed by atoms with Crippen LogP contribution in [-0.4, -0.2) is 24.8 Å². The highest BCUT2D eigenvalue weighted by Crippen LogP contribution is 2.15. The van der Waals surface area contributed by atoms with Gasteiger partial charge in [-0.2, -0.15) is 0 Å². The van der Waals surface area contributed by atoms with Gasteiger partial charge >= 0.3 is 0 Å². The Bertz CT molecular complexity index is 273. The van der Waals surface area contributed by atoms with Crippen molar-refractivity contribution in [2.24, 2.45) is 0 Å². The van der Waals surface area contributed by atoms with Crippen molar-refractivity contribution in [2.45, 2.75) is 20.3 Å². The van der Waals surface area contributed by atoms with E-state index in [1.165, 1.54) is 11.3 Å². The average Bonchev–Trinajstić information content (AvgIpc) is 2.19. The van der Waals surface area contributed by atoms with Crippen molar-refractivity contribution in [3.63, 3.8) is 0 Å². The molecule has 1 aromatic carbocycles. The van der Waals surface area contributed by atoms with Crippen LogP contribution in [0.5, 0.6) is 0 Å². The minimum Gasteiger partial charge on any atom is -0.396 e. The van der Waals surface area contributed by atoms with Crippen LogP contribution in [0.3, 0.4) is 0 Å². The summed E-state index contributed by atoms with van der Waals surface area (Å²) in [6, 6.07) is 8.48. The highest BCUT2D eigenvalue weighted by molar-refractivity contribution is 5.48. The van der Waals surface area contributed by atoms with Crippen LogP contribution in [0, 0.1) is 6.92 Å². The van der Waals surface area contributed by atoms with Crippen LogP contribution < -0.4 is 4.90 Å². The van der Waals surface area contributed by atoms with Gasteiger partial charge < -0.3 is 10.0 Å². The minimum atomic E-state index is 0.266. The van der Waals surface area contributed by atoms with Gasteiger partial charge in [0.05, 0.1) is 0 Å². The van der Waals surface area contributed by atoms with Crippen LogP contribution in [-0.2, 0) is 0 Å². The molecule has 1 N–H and O–H groups in total. The normalized spacial score (nSPS) is 10.2. The maximum atomic E-state index is 8.79. The Labute approximate surface area is 86.2 Å². The van der Waals surface area contributed by atoms with Crippen LogP contribution in [0.2, 0.25) is 0 Å². The quantitative estimate of drug-likeness (QED) is 0.775. The number of aryl methyl sites for hydroxylation is 1. The number of nitrogens with zero attached hydrogens (tertiary/aromatic N) is 1. The predicted octanol–water partition coefficient (Wildman–Crippen LogP) is 2.20. The molecule has 0 unspecified atom stereocenters. The molecule has 0 radical (unpaired) electrons. The summed E-state index contributed by atoms with van der Waals surface area (Å²) in [4.78, 5) is 2.28. The molecule has 1 aromatic rings. The first-order valence-corrected chi connectivity index (χ1v) is 5.20. The van der Waals surface area contributed by atoms with Crippen LogP contribution in [0.25, 0.3) is 0 Å². The summed E-state index contributed by atoms with van der Waals surface area (Å²) >= 11 is 0. The van der Waals surface area contributed by atoms with Crippen molar-refractivity contribution < 1.29 is 5.11 Å². The molecule has 0 atom stereocenters. The zero-order chi connectivity index (χ0) is 10.4. The fourth-order valence-corrected chi connectivity index (χ4v) is 1.56. The molecule has 0 aliphatic rings. The maximum absolute atomic E-state index is 8.79. The lowest BCUT2D eigenvalue weighted by Crippen LogP contribution is -2.24. The molecule has 78 valence electrons. The Kier molecular flexibility index (Phi) is 4.47. The fourth-order valence-electron chi connectivity index (χ4n) is 1.56. The molecule has 0 saturated carbocycles. The maximum Gasteiger partial charge on any atom is 0.0447 e. The summed E-state index contributed by atoms with van der Waals surface area (Å²) in [6.45, 7) is 6.42. The Hall–Kier alpha value is -1.02. The summed E-state index contributed by atoms with van der Waals surface area (Å²) < 4.78 is 0. The predicted molar refractivity (Wildman–Crippen MR) is 60.8 cm³/mol. The van der Waals surface area contributed by atoms with Gasteiger partial charge in [0.2, 0.25) is 0 Å². The van der Waals surface area contributed by atoms with Gasteiger partial charge in [0.15, 0.2) is 0 Å². The third-order valence-electron chi connectivity index (χ3n) is 2.33. The molecule has 0 aliphatic carbocycles. The van der Waals surface area contributed by atoms with Crippen LogP contribution in [0.15, 0.2) is 24.3 Å². The molecule has 0 fully saturated rings. The van der Waals surface area contributed by atoms with Gasteiger partial charge in [-0.3, -0.25) is 0 Å². The Morgan fingerprint density at radius 2 is 2.14 bits per heavy atom.